The Bertz CT molecular complexity index is 1720. The van der Waals surface area contributed by atoms with Gasteiger partial charge >= 0.3 is 6.03 Å². The Kier molecular flexibility index (Phi) is 6.88. The maximum Gasteiger partial charge on any atom is 0.331 e. The van der Waals surface area contributed by atoms with E-state index in [9.17, 15) is 14.4 Å². The van der Waals surface area contributed by atoms with Gasteiger partial charge in [-0.15, -0.1) is 11.3 Å². The van der Waals surface area contributed by atoms with Crippen molar-refractivity contribution >= 4 is 56.5 Å². The van der Waals surface area contributed by atoms with Crippen LogP contribution in [0.5, 0.6) is 11.5 Å². The largest absolute Gasteiger partial charge is 0.455 e. The molecule has 6 rings (SSSR count). The highest BCUT2D eigenvalue weighted by atomic mass is 32.1. The van der Waals surface area contributed by atoms with Gasteiger partial charge in [0, 0.05) is 24.5 Å². The fourth-order valence-corrected chi connectivity index (χ4v) is 6.43. The predicted molar refractivity (Wildman–Crippen MR) is 158 cm³/mol. The molecule has 4 aromatic rings. The summed E-state index contributed by atoms with van der Waals surface area (Å²) in [5.74, 6) is 0.712. The minimum absolute atomic E-state index is 0.175. The van der Waals surface area contributed by atoms with Gasteiger partial charge < -0.3 is 20.7 Å². The molecule has 41 heavy (non-hydrogen) atoms. The molecule has 4 amide bonds. The first-order valence-corrected chi connectivity index (χ1v) is 14.1. The molecule has 0 spiro atoms. The lowest BCUT2D eigenvalue weighted by Gasteiger charge is -2.29. The van der Waals surface area contributed by atoms with Crippen molar-refractivity contribution in [2.45, 2.75) is 45.2 Å². The molecule has 0 bridgehead atoms. The number of aryl methyl sites for hydroxylation is 2. The van der Waals surface area contributed by atoms with Crippen LogP contribution in [0.4, 0.5) is 21.9 Å². The van der Waals surface area contributed by atoms with Crippen molar-refractivity contribution < 1.29 is 19.1 Å². The summed E-state index contributed by atoms with van der Waals surface area (Å²) < 4.78 is 6.03. The lowest BCUT2D eigenvalue weighted by molar-refractivity contribution is -0.117. The van der Waals surface area contributed by atoms with Crippen LogP contribution in [0.1, 0.15) is 40.2 Å². The molecule has 1 aromatic carbocycles. The number of aromatic nitrogens is 2. The van der Waals surface area contributed by atoms with Gasteiger partial charge in [0.05, 0.1) is 28.1 Å². The van der Waals surface area contributed by atoms with E-state index in [-0.39, 0.29) is 29.9 Å². The quantitative estimate of drug-likeness (QED) is 0.244. The van der Waals surface area contributed by atoms with Gasteiger partial charge in [0.25, 0.3) is 5.91 Å². The molecule has 208 valence electrons. The van der Waals surface area contributed by atoms with E-state index in [0.29, 0.717) is 43.7 Å². The second-order valence-electron chi connectivity index (χ2n) is 10.0. The van der Waals surface area contributed by atoms with Crippen LogP contribution >= 0.6 is 11.3 Å². The van der Waals surface area contributed by atoms with Crippen LogP contribution in [-0.4, -0.2) is 39.9 Å². The Morgan fingerprint density at radius 2 is 1.90 bits per heavy atom. The summed E-state index contributed by atoms with van der Waals surface area (Å²) in [5.41, 5.74) is 3.37. The monoisotopic (exact) mass is 568 g/mol. The molecule has 2 unspecified atom stereocenters. The van der Waals surface area contributed by atoms with Gasteiger partial charge in [-0.3, -0.25) is 19.5 Å². The summed E-state index contributed by atoms with van der Waals surface area (Å²) in [6.07, 6.45) is 6.98. The maximum atomic E-state index is 13.6. The zero-order valence-corrected chi connectivity index (χ0v) is 23.4. The van der Waals surface area contributed by atoms with Crippen LogP contribution in [0, 0.1) is 13.8 Å². The Morgan fingerprint density at radius 1 is 1.10 bits per heavy atom. The number of pyridine rings is 2. The lowest BCUT2D eigenvalue weighted by atomic mass is 10.1. The van der Waals surface area contributed by atoms with Crippen LogP contribution in [-0.2, 0) is 4.79 Å². The number of anilines is 3. The van der Waals surface area contributed by atoms with Gasteiger partial charge in [-0.05, 0) is 81.1 Å². The minimum Gasteiger partial charge on any atom is -0.455 e. The van der Waals surface area contributed by atoms with E-state index >= 15 is 0 Å². The minimum atomic E-state index is -0.380. The molecular weight excluding hydrogens is 540 g/mol. The second-order valence-corrected chi connectivity index (χ2v) is 11.0. The van der Waals surface area contributed by atoms with Crippen LogP contribution in [0.2, 0.25) is 0 Å². The lowest BCUT2D eigenvalue weighted by Crippen LogP contribution is -2.48. The first-order valence-electron chi connectivity index (χ1n) is 13.3. The molecule has 4 heterocycles. The molecule has 1 aliphatic carbocycles. The van der Waals surface area contributed by atoms with E-state index in [4.69, 9.17) is 4.74 Å². The van der Waals surface area contributed by atoms with Crippen molar-refractivity contribution in [3.8, 4) is 11.5 Å². The van der Waals surface area contributed by atoms with Crippen LogP contribution in [0.3, 0.4) is 0 Å². The van der Waals surface area contributed by atoms with Crippen molar-refractivity contribution in [3.05, 3.63) is 77.6 Å². The number of hydrogen-bond acceptors (Lipinski definition) is 7. The zero-order chi connectivity index (χ0) is 28.7. The van der Waals surface area contributed by atoms with Gasteiger partial charge in [-0.25, -0.2) is 9.78 Å². The topological polar surface area (TPSA) is 126 Å². The van der Waals surface area contributed by atoms with Crippen molar-refractivity contribution in [1.82, 2.24) is 20.6 Å². The third-order valence-corrected chi connectivity index (χ3v) is 8.49. The molecule has 2 aliphatic rings. The highest BCUT2D eigenvalue weighted by Crippen LogP contribution is 2.46. The molecule has 0 saturated heterocycles. The molecule has 3 N–H and O–H groups in total. The number of ether oxygens (including phenoxy) is 1. The molecule has 0 radical (unpaired) electrons. The van der Waals surface area contributed by atoms with Crippen molar-refractivity contribution in [1.29, 1.82) is 0 Å². The van der Waals surface area contributed by atoms with E-state index in [1.807, 2.05) is 44.2 Å². The number of benzene rings is 1. The van der Waals surface area contributed by atoms with Gasteiger partial charge in [-0.1, -0.05) is 6.58 Å². The fraction of sp³-hybridized carbons (Fsp3) is 0.233. The fourth-order valence-electron chi connectivity index (χ4n) is 5.41. The maximum absolute atomic E-state index is 13.6. The zero-order valence-electron chi connectivity index (χ0n) is 22.6. The molecule has 2 atom stereocenters. The van der Waals surface area contributed by atoms with E-state index in [0.717, 1.165) is 30.5 Å². The van der Waals surface area contributed by atoms with E-state index < -0.39 is 0 Å². The molecular formula is C30H28N6O4S. The van der Waals surface area contributed by atoms with Crippen molar-refractivity contribution in [3.63, 3.8) is 0 Å². The Balaban J connectivity index is 1.30. The normalized spacial score (nSPS) is 17.7. The van der Waals surface area contributed by atoms with Gasteiger partial charge in [-0.2, -0.15) is 0 Å². The van der Waals surface area contributed by atoms with Crippen molar-refractivity contribution in [2.24, 2.45) is 0 Å². The van der Waals surface area contributed by atoms with Crippen molar-refractivity contribution in [2.75, 3.05) is 10.2 Å². The molecule has 1 fully saturated rings. The van der Waals surface area contributed by atoms with Crippen LogP contribution in [0.15, 0.2) is 61.4 Å². The number of amides is 4. The molecule has 3 aromatic heterocycles. The first-order chi connectivity index (χ1) is 19.8. The van der Waals surface area contributed by atoms with Crippen LogP contribution in [0.25, 0.3) is 10.2 Å². The summed E-state index contributed by atoms with van der Waals surface area (Å²) in [4.78, 5) is 50.2. The van der Waals surface area contributed by atoms with Gasteiger partial charge in [0.1, 0.15) is 21.2 Å². The molecule has 10 nitrogen and oxygen atoms in total. The Labute approximate surface area is 240 Å². The van der Waals surface area contributed by atoms with E-state index in [2.05, 4.69) is 32.5 Å². The number of thiophene rings is 1. The highest BCUT2D eigenvalue weighted by molar-refractivity contribution is 7.21. The van der Waals surface area contributed by atoms with Gasteiger partial charge in [0.15, 0.2) is 0 Å². The Morgan fingerprint density at radius 3 is 2.66 bits per heavy atom. The standard InChI is InChI=1S/C30H28N6O4S/c1-4-24(37)33-19-7-5-8-20(19)34-28(38)27-26-25-22(12-14-32-29(25)41-27)36(30(39)35-26)21-11-10-18(15-16(21)2)40-23-9-6-13-31-17(23)3/h4,6,9-15,19-20H,1,5,7-8H2,2-3H3,(H,33,37)(H,34,38)(H,35,39). The molecule has 11 heteroatoms. The summed E-state index contributed by atoms with van der Waals surface area (Å²) >= 11 is 1.23. The Hall–Kier alpha value is -4.77. The number of hydrogen-bond donors (Lipinski definition) is 3. The summed E-state index contributed by atoms with van der Waals surface area (Å²) in [5, 5.41) is 9.61. The van der Waals surface area contributed by atoms with E-state index in [1.165, 1.54) is 17.4 Å². The van der Waals surface area contributed by atoms with Gasteiger partial charge in [0.2, 0.25) is 5.91 Å². The van der Waals surface area contributed by atoms with Crippen LogP contribution < -0.4 is 25.6 Å². The number of rotatable bonds is 7. The number of carbonyl (C=O) groups excluding carboxylic acids is 3. The predicted octanol–water partition coefficient (Wildman–Crippen LogP) is 5.74. The average molecular weight is 569 g/mol. The third-order valence-electron chi connectivity index (χ3n) is 7.39. The number of nitrogens with zero attached hydrogens (tertiary/aromatic N) is 3. The second kappa shape index (κ2) is 10.7. The number of carbonyl (C=O) groups is 3. The SMILES string of the molecule is C=CC(=O)NC1CCCC1NC(=O)c1sc2nccc3c2c1NC(=O)N3c1ccc(Oc2cccnc2C)cc1C. The average Bonchev–Trinajstić information content (AvgIpc) is 3.55. The summed E-state index contributed by atoms with van der Waals surface area (Å²) in [6.45, 7) is 7.30. The highest BCUT2D eigenvalue weighted by Gasteiger charge is 2.35. The number of nitrogens with one attached hydrogen (secondary N) is 3. The third kappa shape index (κ3) is 4.89. The smallest absolute Gasteiger partial charge is 0.331 e. The molecule has 1 aliphatic heterocycles. The molecule has 1 saturated carbocycles. The summed E-state index contributed by atoms with van der Waals surface area (Å²) in [6, 6.07) is 10.2. The summed E-state index contributed by atoms with van der Waals surface area (Å²) in [7, 11) is 0. The first kappa shape index (κ1) is 26.5. The number of urea groups is 1. The van der Waals surface area contributed by atoms with E-state index in [1.54, 1.807) is 23.4 Å².